The summed E-state index contributed by atoms with van der Waals surface area (Å²) in [6, 6.07) is 0. The predicted molar refractivity (Wildman–Crippen MR) is 69.4 cm³/mol. The Hall–Kier alpha value is -2.18. The smallest absolute Gasteiger partial charge is 0.280 e. The van der Waals surface area contributed by atoms with Crippen molar-refractivity contribution < 1.29 is 28.1 Å². The predicted octanol–water partition coefficient (Wildman–Crippen LogP) is -1.07. The summed E-state index contributed by atoms with van der Waals surface area (Å²) in [5.41, 5.74) is 1.49. The number of anilines is 1. The number of halogens is 3. The molecule has 1 saturated heterocycles. The van der Waals surface area contributed by atoms with Crippen LogP contribution in [0.3, 0.4) is 0 Å². The molecule has 3 rings (SSSR count). The number of H-pyrrole nitrogens is 1. The minimum atomic E-state index is -3.35. The molecular weight excluding hydrogens is 323 g/mol. The first-order valence-electron chi connectivity index (χ1n) is 6.43. The van der Waals surface area contributed by atoms with Gasteiger partial charge >= 0.3 is 0 Å². The first-order valence-corrected chi connectivity index (χ1v) is 6.43. The Morgan fingerprint density at radius 2 is 2.26 bits per heavy atom. The van der Waals surface area contributed by atoms with Crippen LogP contribution in [-0.2, 0) is 4.74 Å². The molecule has 9 nitrogen and oxygen atoms in total. The normalized spacial score (nSPS) is 31.3. The van der Waals surface area contributed by atoms with E-state index in [1.54, 1.807) is 0 Å². The maximum absolute atomic E-state index is 14.3. The van der Waals surface area contributed by atoms with Gasteiger partial charge < -0.3 is 20.7 Å². The van der Waals surface area contributed by atoms with Crippen LogP contribution in [0.1, 0.15) is 6.23 Å². The fourth-order valence-corrected chi connectivity index (χ4v) is 2.50. The number of nitrogens with two attached hydrogens (primary N) is 1. The maximum Gasteiger partial charge on any atom is 0.280 e. The molecule has 4 unspecified atom stereocenters. The van der Waals surface area contributed by atoms with Crippen molar-refractivity contribution in [1.29, 1.82) is 0 Å². The lowest BCUT2D eigenvalue weighted by atomic mass is 9.97. The summed E-state index contributed by atoms with van der Waals surface area (Å²) in [5, 5.41) is 18.9. The highest BCUT2D eigenvalue weighted by Gasteiger charge is 2.61. The highest BCUT2D eigenvalue weighted by molar-refractivity contribution is 5.70. The molecule has 0 spiro atoms. The van der Waals surface area contributed by atoms with E-state index >= 15 is 0 Å². The van der Waals surface area contributed by atoms with Crippen molar-refractivity contribution in [3.8, 4) is 0 Å². The Balaban J connectivity index is 2.11. The maximum atomic E-state index is 14.3. The van der Waals surface area contributed by atoms with Gasteiger partial charge in [0.15, 0.2) is 29.2 Å². The average Bonchev–Trinajstić information content (AvgIpc) is 3.01. The lowest BCUT2D eigenvalue weighted by Crippen LogP contribution is -2.51. The largest absolute Gasteiger partial charge is 0.393 e. The van der Waals surface area contributed by atoms with Crippen LogP contribution in [0, 0.1) is 0 Å². The van der Waals surface area contributed by atoms with Crippen molar-refractivity contribution in [2.45, 2.75) is 30.5 Å². The zero-order valence-corrected chi connectivity index (χ0v) is 11.4. The highest BCUT2D eigenvalue weighted by Crippen LogP contribution is 2.42. The molecule has 1 fully saturated rings. The number of aromatic nitrogens is 4. The molecule has 3 heterocycles. The number of aromatic amines is 1. The van der Waals surface area contributed by atoms with Crippen LogP contribution < -0.4 is 11.3 Å². The van der Waals surface area contributed by atoms with Crippen LogP contribution in [0.25, 0.3) is 11.2 Å². The van der Waals surface area contributed by atoms with Crippen molar-refractivity contribution in [3.05, 3.63) is 16.7 Å². The average molecular weight is 335 g/mol. The number of hydrogen-bond acceptors (Lipinski definition) is 7. The van der Waals surface area contributed by atoms with Gasteiger partial charge in [0.2, 0.25) is 5.95 Å². The van der Waals surface area contributed by atoms with Gasteiger partial charge in [-0.3, -0.25) is 14.3 Å². The van der Waals surface area contributed by atoms with Crippen molar-refractivity contribution in [3.63, 3.8) is 0 Å². The molecule has 0 saturated carbocycles. The minimum Gasteiger partial charge on any atom is -0.393 e. The SMILES string of the molecule is Nc1nc2c(ncn2C2OC(CO)(C(F)F)C(O)C2F)c(=O)[nH]1. The summed E-state index contributed by atoms with van der Waals surface area (Å²) < 4.78 is 46.4. The molecule has 12 heteroatoms. The van der Waals surface area contributed by atoms with Crippen LogP contribution in [-0.4, -0.2) is 60.6 Å². The van der Waals surface area contributed by atoms with E-state index < -0.39 is 42.7 Å². The number of nitrogens with zero attached hydrogens (tertiary/aromatic N) is 3. The Kier molecular flexibility index (Phi) is 3.54. The van der Waals surface area contributed by atoms with Crippen LogP contribution in [0.15, 0.2) is 11.1 Å². The summed E-state index contributed by atoms with van der Waals surface area (Å²) in [4.78, 5) is 21.3. The summed E-state index contributed by atoms with van der Waals surface area (Å²) in [6.07, 6.45) is -8.74. The molecule has 126 valence electrons. The molecule has 2 aromatic rings. The molecule has 4 atom stereocenters. The van der Waals surface area contributed by atoms with E-state index in [2.05, 4.69) is 15.0 Å². The molecular formula is C11H12F3N5O4. The van der Waals surface area contributed by atoms with E-state index in [-0.39, 0.29) is 17.1 Å². The molecule has 2 aromatic heterocycles. The molecule has 0 amide bonds. The lowest BCUT2D eigenvalue weighted by Gasteiger charge is -2.28. The number of aliphatic hydroxyl groups excluding tert-OH is 2. The van der Waals surface area contributed by atoms with Crippen molar-refractivity contribution in [2.75, 3.05) is 12.3 Å². The molecule has 0 aliphatic carbocycles. The monoisotopic (exact) mass is 335 g/mol. The van der Waals surface area contributed by atoms with Gasteiger partial charge in [0.25, 0.3) is 12.0 Å². The van der Waals surface area contributed by atoms with Crippen LogP contribution in [0.4, 0.5) is 19.1 Å². The Morgan fingerprint density at radius 1 is 1.57 bits per heavy atom. The first kappa shape index (κ1) is 15.7. The van der Waals surface area contributed by atoms with Crippen LogP contribution in [0.2, 0.25) is 0 Å². The number of ether oxygens (including phenoxy) is 1. The quantitative estimate of drug-likeness (QED) is 0.560. The Labute approximate surface area is 125 Å². The molecule has 1 aliphatic rings. The van der Waals surface area contributed by atoms with Gasteiger partial charge in [-0.1, -0.05) is 0 Å². The molecule has 5 N–H and O–H groups in total. The van der Waals surface area contributed by atoms with Crippen molar-refractivity contribution in [1.82, 2.24) is 19.5 Å². The lowest BCUT2D eigenvalue weighted by molar-refractivity contribution is -0.194. The molecule has 0 radical (unpaired) electrons. The third-order valence-corrected chi connectivity index (χ3v) is 3.76. The second-order valence-corrected chi connectivity index (χ2v) is 5.09. The van der Waals surface area contributed by atoms with E-state index in [1.165, 1.54) is 0 Å². The number of rotatable bonds is 3. The number of nitrogens with one attached hydrogen (secondary N) is 1. The summed E-state index contributed by atoms with van der Waals surface area (Å²) in [7, 11) is 0. The summed E-state index contributed by atoms with van der Waals surface area (Å²) >= 11 is 0. The topological polar surface area (TPSA) is 139 Å². The van der Waals surface area contributed by atoms with E-state index in [0.717, 1.165) is 10.9 Å². The van der Waals surface area contributed by atoms with Gasteiger partial charge in [-0.2, -0.15) is 4.98 Å². The van der Waals surface area contributed by atoms with E-state index in [4.69, 9.17) is 15.6 Å². The van der Waals surface area contributed by atoms with Gasteiger partial charge in [0.1, 0.15) is 6.10 Å². The van der Waals surface area contributed by atoms with Gasteiger partial charge in [-0.25, -0.2) is 18.2 Å². The van der Waals surface area contributed by atoms with E-state index in [0.29, 0.717) is 0 Å². The summed E-state index contributed by atoms with van der Waals surface area (Å²) in [6.45, 7) is -1.30. The van der Waals surface area contributed by atoms with Crippen LogP contribution >= 0.6 is 0 Å². The van der Waals surface area contributed by atoms with Crippen LogP contribution in [0.5, 0.6) is 0 Å². The number of aliphatic hydroxyl groups is 2. The molecule has 1 aliphatic heterocycles. The van der Waals surface area contributed by atoms with Gasteiger partial charge in [0, 0.05) is 0 Å². The number of alkyl halides is 3. The Bertz CT molecular complexity index is 796. The van der Waals surface area contributed by atoms with Gasteiger partial charge in [-0.15, -0.1) is 0 Å². The molecule has 0 aromatic carbocycles. The number of imidazole rings is 1. The van der Waals surface area contributed by atoms with Crippen molar-refractivity contribution >= 4 is 17.1 Å². The first-order chi connectivity index (χ1) is 10.8. The Morgan fingerprint density at radius 3 is 2.83 bits per heavy atom. The zero-order chi connectivity index (χ0) is 16.9. The van der Waals surface area contributed by atoms with Gasteiger partial charge in [-0.05, 0) is 0 Å². The highest BCUT2D eigenvalue weighted by atomic mass is 19.3. The number of nitrogen functional groups attached to an aromatic ring is 1. The molecule has 0 bridgehead atoms. The third kappa shape index (κ3) is 2.09. The zero-order valence-electron chi connectivity index (χ0n) is 11.4. The van der Waals surface area contributed by atoms with Gasteiger partial charge in [0.05, 0.1) is 12.9 Å². The fourth-order valence-electron chi connectivity index (χ4n) is 2.50. The number of fused-ring (bicyclic) bond motifs is 1. The van der Waals surface area contributed by atoms with E-state index in [1.807, 2.05) is 0 Å². The van der Waals surface area contributed by atoms with Crippen molar-refractivity contribution in [2.24, 2.45) is 0 Å². The summed E-state index contributed by atoms with van der Waals surface area (Å²) in [5.74, 6) is -0.291. The fraction of sp³-hybridized carbons (Fsp3) is 0.545. The second kappa shape index (κ2) is 5.18. The molecule has 23 heavy (non-hydrogen) atoms. The van der Waals surface area contributed by atoms with E-state index in [9.17, 15) is 23.1 Å². The standard InChI is InChI=1S/C11H12F3N5O4/c12-3-5(21)11(1-20,9(13)14)23-8(3)19-2-16-4-6(19)17-10(15)18-7(4)22/h2-3,5,8-9,20-21H,1H2,(H3,15,17,18,22). The second-order valence-electron chi connectivity index (χ2n) is 5.09. The minimum absolute atomic E-state index is 0.200. The third-order valence-electron chi connectivity index (χ3n) is 3.76. The number of hydrogen-bond donors (Lipinski definition) is 4.